The monoisotopic (exact) mass is 199 g/mol. The molecule has 0 rings (SSSR count). The van der Waals surface area contributed by atoms with Gasteiger partial charge in [-0.05, 0) is 18.0 Å². The molecule has 0 spiro atoms. The van der Waals surface area contributed by atoms with Crippen LogP contribution in [0, 0.1) is 0 Å². The van der Waals surface area contributed by atoms with E-state index in [0.717, 1.165) is 6.26 Å². The SMILES string of the molecule is CCC(NS(C)(=O)=O)C(=O)Cl. The topological polar surface area (TPSA) is 63.2 Å². The number of rotatable bonds is 4. The van der Waals surface area contributed by atoms with Crippen LogP contribution in [0.3, 0.4) is 0 Å². The Hall–Kier alpha value is -0.130. The minimum absolute atomic E-state index is 0.357. The Bertz CT molecular complexity index is 236. The fourth-order valence-electron chi connectivity index (χ4n) is 0.549. The zero-order valence-corrected chi connectivity index (χ0v) is 7.87. The third kappa shape index (κ3) is 5.17. The molecule has 0 saturated heterocycles. The van der Waals surface area contributed by atoms with Crippen LogP contribution < -0.4 is 4.72 Å². The fraction of sp³-hybridized carbons (Fsp3) is 0.800. The van der Waals surface area contributed by atoms with Gasteiger partial charge in [-0.3, -0.25) is 4.79 Å². The highest BCUT2D eigenvalue weighted by Gasteiger charge is 2.17. The third-order valence-corrected chi connectivity index (χ3v) is 2.01. The lowest BCUT2D eigenvalue weighted by molar-refractivity contribution is -0.113. The highest BCUT2D eigenvalue weighted by molar-refractivity contribution is 7.88. The number of hydrogen-bond donors (Lipinski definition) is 1. The molecule has 0 bridgehead atoms. The van der Waals surface area contributed by atoms with Crippen LogP contribution in [0.1, 0.15) is 13.3 Å². The molecule has 4 nitrogen and oxygen atoms in total. The number of carbonyl (C=O) groups excluding carboxylic acids is 1. The number of hydrogen-bond acceptors (Lipinski definition) is 3. The van der Waals surface area contributed by atoms with Gasteiger partial charge in [-0.1, -0.05) is 6.92 Å². The van der Waals surface area contributed by atoms with E-state index in [-0.39, 0.29) is 0 Å². The van der Waals surface area contributed by atoms with Crippen molar-refractivity contribution in [3.05, 3.63) is 0 Å². The van der Waals surface area contributed by atoms with Gasteiger partial charge in [-0.25, -0.2) is 13.1 Å². The first kappa shape index (κ1) is 10.9. The number of halogens is 1. The minimum atomic E-state index is -3.34. The van der Waals surface area contributed by atoms with Gasteiger partial charge in [0.05, 0.1) is 12.3 Å². The van der Waals surface area contributed by atoms with Crippen LogP contribution in [0.25, 0.3) is 0 Å². The fourth-order valence-corrected chi connectivity index (χ4v) is 1.61. The molecule has 0 amide bonds. The van der Waals surface area contributed by atoms with Crippen molar-refractivity contribution in [2.75, 3.05) is 6.26 Å². The second kappa shape index (κ2) is 4.04. The van der Waals surface area contributed by atoms with Gasteiger partial charge in [-0.2, -0.15) is 0 Å². The average Bonchev–Trinajstić information content (AvgIpc) is 1.80. The first-order valence-electron chi connectivity index (χ1n) is 3.03. The molecule has 0 aliphatic rings. The van der Waals surface area contributed by atoms with Gasteiger partial charge < -0.3 is 0 Å². The summed E-state index contributed by atoms with van der Waals surface area (Å²) in [4.78, 5) is 10.5. The molecule has 0 aliphatic carbocycles. The molecule has 0 aliphatic heterocycles. The molecule has 0 heterocycles. The normalized spacial score (nSPS) is 14.5. The van der Waals surface area contributed by atoms with E-state index in [1.807, 2.05) is 0 Å². The molecule has 1 unspecified atom stereocenters. The van der Waals surface area contributed by atoms with Crippen molar-refractivity contribution in [1.29, 1.82) is 0 Å². The smallest absolute Gasteiger partial charge is 0.239 e. The third-order valence-electron chi connectivity index (χ3n) is 1.04. The summed E-state index contributed by atoms with van der Waals surface area (Å²) in [5.41, 5.74) is 0. The van der Waals surface area contributed by atoms with Gasteiger partial charge in [0.2, 0.25) is 15.3 Å². The summed E-state index contributed by atoms with van der Waals surface area (Å²) in [6.45, 7) is 1.67. The van der Waals surface area contributed by atoms with Crippen molar-refractivity contribution in [3.63, 3.8) is 0 Å². The molecule has 11 heavy (non-hydrogen) atoms. The van der Waals surface area contributed by atoms with Crippen LogP contribution in [0.5, 0.6) is 0 Å². The summed E-state index contributed by atoms with van der Waals surface area (Å²) in [7, 11) is -3.34. The lowest BCUT2D eigenvalue weighted by Gasteiger charge is -2.09. The van der Waals surface area contributed by atoms with Crippen LogP contribution in [0.2, 0.25) is 0 Å². The molecule has 0 aromatic rings. The van der Waals surface area contributed by atoms with Gasteiger partial charge >= 0.3 is 0 Å². The van der Waals surface area contributed by atoms with Crippen molar-refractivity contribution in [3.8, 4) is 0 Å². The maximum Gasteiger partial charge on any atom is 0.239 e. The predicted molar refractivity (Wildman–Crippen MR) is 42.9 cm³/mol. The van der Waals surface area contributed by atoms with E-state index in [0.29, 0.717) is 6.42 Å². The average molecular weight is 200 g/mol. The van der Waals surface area contributed by atoms with Crippen molar-refractivity contribution in [2.45, 2.75) is 19.4 Å². The largest absolute Gasteiger partial charge is 0.279 e. The summed E-state index contributed by atoms with van der Waals surface area (Å²) < 4.78 is 23.3. The van der Waals surface area contributed by atoms with Crippen LogP contribution in [-0.4, -0.2) is 26.0 Å². The molecular weight excluding hydrogens is 190 g/mol. The second-order valence-corrected chi connectivity index (χ2v) is 4.31. The van der Waals surface area contributed by atoms with Crippen molar-refractivity contribution < 1.29 is 13.2 Å². The number of sulfonamides is 1. The standard InChI is InChI=1S/C5H10ClNO3S/c1-3-4(5(6)8)7-11(2,9)10/h4,7H,3H2,1-2H3. The quantitative estimate of drug-likeness (QED) is 0.653. The van der Waals surface area contributed by atoms with E-state index in [1.54, 1.807) is 6.92 Å². The molecular formula is C5H10ClNO3S. The second-order valence-electron chi connectivity index (χ2n) is 2.15. The predicted octanol–water partition coefficient (Wildman–Crippen LogP) is 0.0796. The molecule has 1 atom stereocenters. The zero-order valence-electron chi connectivity index (χ0n) is 6.30. The molecule has 6 heteroatoms. The van der Waals surface area contributed by atoms with E-state index in [4.69, 9.17) is 11.6 Å². The van der Waals surface area contributed by atoms with E-state index >= 15 is 0 Å². The highest BCUT2D eigenvalue weighted by atomic mass is 35.5. The van der Waals surface area contributed by atoms with Gasteiger partial charge in [0.15, 0.2) is 0 Å². The van der Waals surface area contributed by atoms with Crippen molar-refractivity contribution in [1.82, 2.24) is 4.72 Å². The highest BCUT2D eigenvalue weighted by Crippen LogP contribution is 1.97. The molecule has 0 aromatic heterocycles. The van der Waals surface area contributed by atoms with E-state index in [9.17, 15) is 13.2 Å². The summed E-state index contributed by atoms with van der Waals surface area (Å²) in [6, 6.07) is -0.799. The molecule has 66 valence electrons. The molecule has 0 radical (unpaired) electrons. The van der Waals surface area contributed by atoms with Gasteiger partial charge in [-0.15, -0.1) is 0 Å². The summed E-state index contributed by atoms with van der Waals surface area (Å²) >= 11 is 5.08. The Morgan fingerprint density at radius 2 is 2.09 bits per heavy atom. The molecule has 0 saturated carbocycles. The number of nitrogens with one attached hydrogen (secondary N) is 1. The Morgan fingerprint density at radius 1 is 1.64 bits per heavy atom. The van der Waals surface area contributed by atoms with Gasteiger partial charge in [0.25, 0.3) is 0 Å². The lowest BCUT2D eigenvalue weighted by atomic mass is 10.3. The summed E-state index contributed by atoms with van der Waals surface area (Å²) in [5.74, 6) is 0. The maximum absolute atomic E-state index is 10.6. The van der Waals surface area contributed by atoms with E-state index in [2.05, 4.69) is 4.72 Å². The zero-order chi connectivity index (χ0) is 9.07. The Labute approximate surface area is 71.0 Å². The first-order valence-corrected chi connectivity index (χ1v) is 5.30. The lowest BCUT2D eigenvalue weighted by Crippen LogP contribution is -2.37. The molecule has 0 aromatic carbocycles. The number of carbonyl (C=O) groups is 1. The van der Waals surface area contributed by atoms with Crippen molar-refractivity contribution in [2.24, 2.45) is 0 Å². The van der Waals surface area contributed by atoms with Crippen LogP contribution in [-0.2, 0) is 14.8 Å². The van der Waals surface area contributed by atoms with Crippen LogP contribution in [0.4, 0.5) is 0 Å². The summed E-state index contributed by atoms with van der Waals surface area (Å²) in [5, 5.41) is -0.682. The summed E-state index contributed by atoms with van der Waals surface area (Å²) in [6.07, 6.45) is 1.34. The van der Waals surface area contributed by atoms with E-state index < -0.39 is 21.3 Å². The van der Waals surface area contributed by atoms with Crippen molar-refractivity contribution >= 4 is 26.9 Å². The van der Waals surface area contributed by atoms with Gasteiger partial charge in [0, 0.05) is 0 Å². The van der Waals surface area contributed by atoms with Gasteiger partial charge in [0.1, 0.15) is 0 Å². The Balaban J connectivity index is 4.22. The maximum atomic E-state index is 10.6. The Kier molecular flexibility index (Phi) is 3.99. The minimum Gasteiger partial charge on any atom is -0.279 e. The Morgan fingerprint density at radius 3 is 2.18 bits per heavy atom. The molecule has 0 fully saturated rings. The molecule has 1 N–H and O–H groups in total. The van der Waals surface area contributed by atoms with Crippen LogP contribution >= 0.6 is 11.6 Å². The van der Waals surface area contributed by atoms with Crippen LogP contribution in [0.15, 0.2) is 0 Å². The van der Waals surface area contributed by atoms with E-state index in [1.165, 1.54) is 0 Å². The first-order chi connectivity index (χ1) is 4.87.